The first-order chi connectivity index (χ1) is 13.4. The van der Waals surface area contributed by atoms with E-state index >= 15 is 0 Å². The number of hydrazone groups is 1. The van der Waals surface area contributed by atoms with Gasteiger partial charge >= 0.3 is 0 Å². The predicted molar refractivity (Wildman–Crippen MR) is 117 cm³/mol. The molecule has 8 heteroatoms. The zero-order chi connectivity index (χ0) is 19.5. The van der Waals surface area contributed by atoms with Gasteiger partial charge in [0, 0.05) is 49.3 Å². The maximum Gasteiger partial charge on any atom is 0.219 e. The summed E-state index contributed by atoms with van der Waals surface area (Å²) in [7, 11) is 0. The van der Waals surface area contributed by atoms with E-state index in [1.807, 2.05) is 11.0 Å². The number of fused-ring (bicyclic) bond motifs is 4. The van der Waals surface area contributed by atoms with E-state index < -0.39 is 5.72 Å². The molecule has 0 unspecified atom stereocenters. The van der Waals surface area contributed by atoms with Crippen LogP contribution in [0.25, 0.3) is 0 Å². The number of amides is 1. The molecular weight excluding hydrogens is 506 g/mol. The summed E-state index contributed by atoms with van der Waals surface area (Å²) in [6.45, 7) is 3.02. The Morgan fingerprint density at radius 2 is 2.04 bits per heavy atom. The number of likely N-dealkylation sites (tertiary alicyclic amines) is 1. The maximum atomic E-state index is 11.8. The van der Waals surface area contributed by atoms with Crippen LogP contribution < -0.4 is 4.74 Å². The van der Waals surface area contributed by atoms with Gasteiger partial charge in [-0.05, 0) is 46.3 Å². The first-order valence-corrected chi connectivity index (χ1v) is 11.7. The van der Waals surface area contributed by atoms with E-state index in [4.69, 9.17) is 9.84 Å². The quantitative estimate of drug-likeness (QED) is 0.518. The highest BCUT2D eigenvalue weighted by atomic mass is 79.9. The van der Waals surface area contributed by atoms with Gasteiger partial charge in [0.2, 0.25) is 11.6 Å². The van der Waals surface area contributed by atoms with Gasteiger partial charge in [0.15, 0.2) is 0 Å². The van der Waals surface area contributed by atoms with E-state index in [0.29, 0.717) is 13.1 Å². The summed E-state index contributed by atoms with van der Waals surface area (Å²) in [6.07, 6.45) is 2.37. The summed E-state index contributed by atoms with van der Waals surface area (Å²) in [5, 5.41) is 7.25. The molecule has 0 aliphatic carbocycles. The van der Waals surface area contributed by atoms with Crippen molar-refractivity contribution in [3.63, 3.8) is 0 Å². The third kappa shape index (κ3) is 3.00. The molecule has 28 heavy (non-hydrogen) atoms. The van der Waals surface area contributed by atoms with E-state index in [-0.39, 0.29) is 11.9 Å². The molecule has 1 aromatic heterocycles. The van der Waals surface area contributed by atoms with Crippen LogP contribution in [0.4, 0.5) is 0 Å². The van der Waals surface area contributed by atoms with E-state index in [0.717, 1.165) is 39.0 Å². The average molecular weight is 525 g/mol. The van der Waals surface area contributed by atoms with Gasteiger partial charge in [0.05, 0.1) is 20.4 Å². The SMILES string of the molecule is CC(=O)N1CCC2(CC1)Oc1ccc(Br)cc1[C@@H]1CC(c3ccc(Br)s3)=NN12. The molecule has 1 amide bonds. The number of ether oxygens (including phenoxy) is 1. The number of piperidine rings is 1. The van der Waals surface area contributed by atoms with Gasteiger partial charge in [-0.25, -0.2) is 5.01 Å². The van der Waals surface area contributed by atoms with Crippen molar-refractivity contribution < 1.29 is 9.53 Å². The number of hydrogen-bond acceptors (Lipinski definition) is 5. The Morgan fingerprint density at radius 1 is 1.25 bits per heavy atom. The number of carbonyl (C=O) groups is 1. The maximum absolute atomic E-state index is 11.8. The lowest BCUT2D eigenvalue weighted by Crippen LogP contribution is -2.59. The average Bonchev–Trinajstić information content (AvgIpc) is 3.30. The second-order valence-electron chi connectivity index (χ2n) is 7.45. The first kappa shape index (κ1) is 18.6. The Balaban J connectivity index is 1.55. The minimum atomic E-state index is -0.492. The van der Waals surface area contributed by atoms with Crippen LogP contribution in [0.15, 0.2) is 43.7 Å². The van der Waals surface area contributed by atoms with Crippen LogP contribution in [0.3, 0.4) is 0 Å². The van der Waals surface area contributed by atoms with Crippen LogP contribution in [0.2, 0.25) is 0 Å². The van der Waals surface area contributed by atoms with E-state index in [9.17, 15) is 4.79 Å². The Kier molecular flexibility index (Phi) is 4.56. The van der Waals surface area contributed by atoms with Crippen molar-refractivity contribution in [1.82, 2.24) is 9.91 Å². The normalized spacial score (nSPS) is 22.5. The van der Waals surface area contributed by atoms with Crippen molar-refractivity contribution in [3.8, 4) is 5.75 Å². The van der Waals surface area contributed by atoms with Crippen molar-refractivity contribution >= 4 is 54.8 Å². The first-order valence-electron chi connectivity index (χ1n) is 9.32. The summed E-state index contributed by atoms with van der Waals surface area (Å²) >= 11 is 8.88. The number of carbonyl (C=O) groups excluding carboxylic acids is 1. The highest BCUT2D eigenvalue weighted by molar-refractivity contribution is 9.11. The highest BCUT2D eigenvalue weighted by Gasteiger charge is 2.52. The molecule has 0 radical (unpaired) electrons. The number of halogens is 2. The third-order valence-electron chi connectivity index (χ3n) is 5.81. The van der Waals surface area contributed by atoms with Gasteiger partial charge in [-0.2, -0.15) is 5.10 Å². The summed E-state index contributed by atoms with van der Waals surface area (Å²) in [4.78, 5) is 14.9. The summed E-state index contributed by atoms with van der Waals surface area (Å²) in [5.41, 5.74) is 1.78. The second kappa shape index (κ2) is 6.85. The molecule has 0 N–H and O–H groups in total. The van der Waals surface area contributed by atoms with Gasteiger partial charge in [-0.1, -0.05) is 15.9 Å². The van der Waals surface area contributed by atoms with Crippen LogP contribution in [0.1, 0.15) is 42.7 Å². The molecule has 146 valence electrons. The molecule has 4 heterocycles. The lowest BCUT2D eigenvalue weighted by atomic mass is 9.91. The molecule has 2 aromatic rings. The zero-order valence-corrected chi connectivity index (χ0v) is 19.3. The van der Waals surface area contributed by atoms with Gasteiger partial charge < -0.3 is 9.64 Å². The minimum absolute atomic E-state index is 0.126. The Labute approximate surface area is 184 Å². The lowest BCUT2D eigenvalue weighted by Gasteiger charge is -2.51. The topological polar surface area (TPSA) is 45.1 Å². The van der Waals surface area contributed by atoms with Gasteiger partial charge in [0.1, 0.15) is 5.75 Å². The van der Waals surface area contributed by atoms with Crippen LogP contribution in [0, 0.1) is 0 Å². The van der Waals surface area contributed by atoms with Crippen LogP contribution in [-0.2, 0) is 4.79 Å². The molecule has 0 saturated carbocycles. The van der Waals surface area contributed by atoms with Crippen LogP contribution >= 0.6 is 43.2 Å². The standard InChI is InChI=1S/C20H19Br2N3O2S/c1-12(26)24-8-6-20(7-9-24)25-16(14-10-13(21)2-3-17(14)27-20)11-15(23-25)18-4-5-19(22)28-18/h2-5,10,16H,6-9,11H2,1H3/t16-/m0/s1. The fraction of sp³-hybridized carbons (Fsp3) is 0.400. The number of benzene rings is 1. The molecule has 0 bridgehead atoms. The summed E-state index contributed by atoms with van der Waals surface area (Å²) in [5.74, 6) is 1.06. The fourth-order valence-electron chi connectivity index (χ4n) is 4.37. The minimum Gasteiger partial charge on any atom is -0.466 e. The summed E-state index contributed by atoms with van der Waals surface area (Å²) < 4.78 is 8.76. The van der Waals surface area contributed by atoms with E-state index in [1.54, 1.807) is 18.3 Å². The third-order valence-corrected chi connectivity index (χ3v) is 7.97. The largest absolute Gasteiger partial charge is 0.466 e. The molecule has 1 atom stereocenters. The lowest BCUT2D eigenvalue weighted by molar-refractivity contribution is -0.158. The molecule has 1 aromatic carbocycles. The van der Waals surface area contributed by atoms with E-state index in [2.05, 4.69) is 61.1 Å². The molecule has 1 saturated heterocycles. The molecule has 3 aliphatic rings. The van der Waals surface area contributed by atoms with Crippen molar-refractivity contribution in [2.45, 2.75) is 38.0 Å². The Bertz CT molecular complexity index is 982. The van der Waals surface area contributed by atoms with Crippen molar-refractivity contribution in [1.29, 1.82) is 0 Å². The molecule has 1 spiro atoms. The molecule has 1 fully saturated rings. The molecular formula is C20H19Br2N3O2S. The van der Waals surface area contributed by atoms with Gasteiger partial charge in [-0.15, -0.1) is 11.3 Å². The molecule has 5 rings (SSSR count). The van der Waals surface area contributed by atoms with Gasteiger partial charge in [-0.3, -0.25) is 4.79 Å². The number of nitrogens with zero attached hydrogens (tertiary/aromatic N) is 3. The van der Waals surface area contributed by atoms with Crippen molar-refractivity contribution in [3.05, 3.63) is 49.0 Å². The Morgan fingerprint density at radius 3 is 2.71 bits per heavy atom. The molecule has 3 aliphatic heterocycles. The van der Waals surface area contributed by atoms with Gasteiger partial charge in [0.25, 0.3) is 0 Å². The second-order valence-corrected chi connectivity index (χ2v) is 10.8. The zero-order valence-electron chi connectivity index (χ0n) is 15.3. The number of rotatable bonds is 1. The smallest absolute Gasteiger partial charge is 0.219 e. The summed E-state index contributed by atoms with van der Waals surface area (Å²) in [6, 6.07) is 10.6. The van der Waals surface area contributed by atoms with Crippen molar-refractivity contribution in [2.24, 2.45) is 5.10 Å². The van der Waals surface area contributed by atoms with Crippen LogP contribution in [-0.4, -0.2) is 40.3 Å². The molecule has 5 nitrogen and oxygen atoms in total. The Hall–Kier alpha value is -1.38. The fourth-order valence-corrected chi connectivity index (χ4v) is 6.13. The predicted octanol–water partition coefficient (Wildman–Crippen LogP) is 5.16. The number of thiophene rings is 1. The monoisotopic (exact) mass is 523 g/mol. The highest BCUT2D eigenvalue weighted by Crippen LogP contribution is 2.50. The number of hydrogen-bond donors (Lipinski definition) is 0. The van der Waals surface area contributed by atoms with Crippen molar-refractivity contribution in [2.75, 3.05) is 13.1 Å². The van der Waals surface area contributed by atoms with E-state index in [1.165, 1.54) is 10.4 Å². The van der Waals surface area contributed by atoms with Crippen LogP contribution in [0.5, 0.6) is 5.75 Å².